The molecule has 0 aliphatic carbocycles. The summed E-state index contributed by atoms with van der Waals surface area (Å²) >= 11 is 1.67. The van der Waals surface area contributed by atoms with Crippen LogP contribution in [0.1, 0.15) is 11.8 Å². The molecule has 4 heterocycles. The van der Waals surface area contributed by atoms with Gasteiger partial charge in [0, 0.05) is 43.4 Å². The second-order valence-electron chi connectivity index (χ2n) is 6.28. The lowest BCUT2D eigenvalue weighted by molar-refractivity contribution is -0.129. The molecule has 140 valence electrons. The fourth-order valence-electron chi connectivity index (χ4n) is 3.10. The van der Waals surface area contributed by atoms with Gasteiger partial charge in [0.2, 0.25) is 11.9 Å². The maximum absolute atomic E-state index is 12.6. The van der Waals surface area contributed by atoms with Crippen molar-refractivity contribution in [3.05, 3.63) is 35.7 Å². The average Bonchev–Trinajstić information content (AvgIpc) is 3.17. The summed E-state index contributed by atoms with van der Waals surface area (Å²) in [5, 5.41) is 4.18. The van der Waals surface area contributed by atoms with Gasteiger partial charge < -0.3 is 15.1 Å². The smallest absolute Gasteiger partial charge is 0.242 e. The first-order valence-corrected chi connectivity index (χ1v) is 9.83. The molecular weight excluding hydrogens is 362 g/mol. The Balaban J connectivity index is 1.35. The molecule has 3 aromatic rings. The number of nitrogens with one attached hydrogen (secondary N) is 1. The highest BCUT2D eigenvalue weighted by atomic mass is 32.1. The summed E-state index contributed by atoms with van der Waals surface area (Å²) in [5.41, 5.74) is 0. The predicted octanol–water partition coefficient (Wildman–Crippen LogP) is 1.80. The van der Waals surface area contributed by atoms with E-state index in [1.165, 1.54) is 4.88 Å². The molecule has 1 aliphatic rings. The molecule has 1 saturated heterocycles. The minimum Gasteiger partial charge on any atom is -0.360 e. The van der Waals surface area contributed by atoms with Crippen LogP contribution >= 0.6 is 11.3 Å². The zero-order valence-electron chi connectivity index (χ0n) is 15.1. The van der Waals surface area contributed by atoms with Crippen LogP contribution in [0.4, 0.5) is 11.8 Å². The number of fused-ring (bicyclic) bond motifs is 1. The van der Waals surface area contributed by atoms with E-state index in [0.29, 0.717) is 13.1 Å². The Morgan fingerprint density at radius 2 is 1.93 bits per heavy atom. The van der Waals surface area contributed by atoms with E-state index in [4.69, 9.17) is 0 Å². The van der Waals surface area contributed by atoms with Crippen LogP contribution in [-0.4, -0.2) is 63.5 Å². The van der Waals surface area contributed by atoms with Crippen molar-refractivity contribution >= 4 is 39.2 Å². The van der Waals surface area contributed by atoms with Crippen LogP contribution in [0.5, 0.6) is 0 Å². The highest BCUT2D eigenvalue weighted by Crippen LogP contribution is 2.28. The van der Waals surface area contributed by atoms with E-state index >= 15 is 0 Å². The van der Waals surface area contributed by atoms with Gasteiger partial charge in [-0.25, -0.2) is 19.9 Å². The van der Waals surface area contributed by atoms with Crippen molar-refractivity contribution in [1.29, 1.82) is 0 Å². The van der Waals surface area contributed by atoms with Crippen molar-refractivity contribution in [1.82, 2.24) is 24.8 Å². The number of aromatic nitrogens is 4. The van der Waals surface area contributed by atoms with Gasteiger partial charge in [-0.05, 0) is 18.6 Å². The van der Waals surface area contributed by atoms with E-state index in [1.807, 2.05) is 4.90 Å². The molecule has 0 unspecified atom stereocenters. The van der Waals surface area contributed by atoms with Crippen LogP contribution in [0, 0.1) is 0 Å². The third kappa shape index (κ3) is 3.82. The topological polar surface area (TPSA) is 87.1 Å². The largest absolute Gasteiger partial charge is 0.360 e. The van der Waals surface area contributed by atoms with Crippen molar-refractivity contribution in [2.24, 2.45) is 0 Å². The number of hydrogen-bond acceptors (Lipinski definition) is 8. The fraction of sp³-hybridized carbons (Fsp3) is 0.389. The van der Waals surface area contributed by atoms with Gasteiger partial charge in [0.25, 0.3) is 0 Å². The van der Waals surface area contributed by atoms with Crippen molar-refractivity contribution in [3.63, 3.8) is 0 Å². The Hall–Kier alpha value is -2.81. The Morgan fingerprint density at radius 3 is 2.67 bits per heavy atom. The van der Waals surface area contributed by atoms with Crippen molar-refractivity contribution in [2.75, 3.05) is 42.9 Å². The van der Waals surface area contributed by atoms with Crippen LogP contribution in [-0.2, 0) is 11.2 Å². The number of carbonyl (C=O) groups excluding carboxylic acids is 1. The highest BCUT2D eigenvalue weighted by molar-refractivity contribution is 7.18. The zero-order chi connectivity index (χ0) is 18.6. The highest BCUT2D eigenvalue weighted by Gasteiger charge is 2.22. The van der Waals surface area contributed by atoms with Crippen molar-refractivity contribution < 1.29 is 4.79 Å². The number of piperazine rings is 1. The van der Waals surface area contributed by atoms with E-state index in [2.05, 4.69) is 43.1 Å². The molecule has 0 saturated carbocycles. The lowest BCUT2D eigenvalue weighted by Gasteiger charge is -2.34. The SMILES string of the molecule is CCc1cc2c(NCC(=O)N3CCN(c4ncccn4)CC3)ncnc2s1. The van der Waals surface area contributed by atoms with Crippen LogP contribution in [0.15, 0.2) is 30.9 Å². The summed E-state index contributed by atoms with van der Waals surface area (Å²) < 4.78 is 0. The Kier molecular flexibility index (Phi) is 5.10. The number of rotatable bonds is 5. The molecule has 1 amide bonds. The van der Waals surface area contributed by atoms with Gasteiger partial charge in [-0.2, -0.15) is 0 Å². The summed E-state index contributed by atoms with van der Waals surface area (Å²) in [6, 6.07) is 3.90. The van der Waals surface area contributed by atoms with E-state index in [1.54, 1.807) is 36.1 Å². The average molecular weight is 383 g/mol. The normalized spacial score (nSPS) is 14.6. The number of anilines is 2. The lowest BCUT2D eigenvalue weighted by Crippen LogP contribution is -2.50. The molecule has 0 spiro atoms. The predicted molar refractivity (Wildman–Crippen MR) is 106 cm³/mol. The van der Waals surface area contributed by atoms with Gasteiger partial charge in [0.05, 0.1) is 11.9 Å². The van der Waals surface area contributed by atoms with E-state index in [-0.39, 0.29) is 12.5 Å². The maximum atomic E-state index is 12.6. The number of amides is 1. The summed E-state index contributed by atoms with van der Waals surface area (Å²) in [4.78, 5) is 35.9. The Bertz CT molecular complexity index is 922. The molecule has 27 heavy (non-hydrogen) atoms. The van der Waals surface area contributed by atoms with Gasteiger partial charge in [-0.1, -0.05) is 6.92 Å². The molecule has 3 aromatic heterocycles. The summed E-state index contributed by atoms with van der Waals surface area (Å²) in [6.07, 6.45) is 5.99. The van der Waals surface area contributed by atoms with Crippen LogP contribution in [0.25, 0.3) is 10.2 Å². The quantitative estimate of drug-likeness (QED) is 0.719. The molecule has 0 bridgehead atoms. The molecule has 1 aliphatic heterocycles. The third-order valence-electron chi connectivity index (χ3n) is 4.60. The molecular formula is C18H21N7OS. The lowest BCUT2D eigenvalue weighted by atomic mass is 10.3. The van der Waals surface area contributed by atoms with Crippen LogP contribution < -0.4 is 10.2 Å². The second-order valence-corrected chi connectivity index (χ2v) is 7.39. The summed E-state index contributed by atoms with van der Waals surface area (Å²) in [7, 11) is 0. The molecule has 4 rings (SSSR count). The van der Waals surface area contributed by atoms with E-state index in [0.717, 1.165) is 41.5 Å². The maximum Gasteiger partial charge on any atom is 0.242 e. The molecule has 9 heteroatoms. The number of aryl methyl sites for hydroxylation is 1. The monoisotopic (exact) mass is 383 g/mol. The van der Waals surface area contributed by atoms with E-state index in [9.17, 15) is 4.79 Å². The Labute approximate surface area is 161 Å². The second kappa shape index (κ2) is 7.83. The molecule has 0 aromatic carbocycles. The van der Waals surface area contributed by atoms with Crippen molar-refractivity contribution in [3.8, 4) is 0 Å². The first-order valence-electron chi connectivity index (χ1n) is 9.01. The minimum absolute atomic E-state index is 0.0707. The first-order chi connectivity index (χ1) is 13.2. The minimum atomic E-state index is 0.0707. The Morgan fingerprint density at radius 1 is 1.15 bits per heavy atom. The van der Waals surface area contributed by atoms with E-state index < -0.39 is 0 Å². The summed E-state index contributed by atoms with van der Waals surface area (Å²) in [6.45, 7) is 5.14. The summed E-state index contributed by atoms with van der Waals surface area (Å²) in [5.74, 6) is 1.51. The molecule has 1 fully saturated rings. The van der Waals surface area contributed by atoms with Crippen LogP contribution in [0.2, 0.25) is 0 Å². The van der Waals surface area contributed by atoms with Gasteiger partial charge in [-0.3, -0.25) is 4.79 Å². The number of carbonyl (C=O) groups is 1. The number of thiophene rings is 1. The fourth-order valence-corrected chi connectivity index (χ4v) is 4.04. The zero-order valence-corrected chi connectivity index (χ0v) is 15.9. The van der Waals surface area contributed by atoms with Crippen molar-refractivity contribution in [2.45, 2.75) is 13.3 Å². The number of nitrogens with zero attached hydrogens (tertiary/aromatic N) is 6. The van der Waals surface area contributed by atoms with Gasteiger partial charge >= 0.3 is 0 Å². The first kappa shape index (κ1) is 17.6. The molecule has 0 radical (unpaired) electrons. The van der Waals surface area contributed by atoms with Crippen LogP contribution in [0.3, 0.4) is 0 Å². The standard InChI is InChI=1S/C18H21N7OS/c1-2-13-10-14-16(22-12-23-17(14)27-13)21-11-15(26)24-6-8-25(9-7-24)18-19-4-3-5-20-18/h3-5,10,12H,2,6-9,11H2,1H3,(H,21,22,23). The molecule has 0 atom stereocenters. The third-order valence-corrected chi connectivity index (χ3v) is 5.79. The number of hydrogen-bond donors (Lipinski definition) is 1. The molecule has 1 N–H and O–H groups in total. The van der Waals surface area contributed by atoms with Gasteiger partial charge in [0.1, 0.15) is 17.0 Å². The molecule has 8 nitrogen and oxygen atoms in total. The van der Waals surface area contributed by atoms with Gasteiger partial charge in [-0.15, -0.1) is 11.3 Å². The van der Waals surface area contributed by atoms with Gasteiger partial charge in [0.15, 0.2) is 0 Å².